The number of hydrazine groups is 1. The number of rotatable bonds is 4. The molecule has 1 atom stereocenters. The fourth-order valence-corrected chi connectivity index (χ4v) is 3.43. The summed E-state index contributed by atoms with van der Waals surface area (Å²) < 4.78 is 0. The van der Waals surface area contributed by atoms with Gasteiger partial charge in [0.05, 0.1) is 0 Å². The van der Waals surface area contributed by atoms with Crippen molar-refractivity contribution in [2.75, 3.05) is 38.1 Å². The van der Waals surface area contributed by atoms with Crippen molar-refractivity contribution in [2.45, 2.75) is 26.3 Å². The first-order valence-electron chi connectivity index (χ1n) is 10.2. The van der Waals surface area contributed by atoms with Crippen LogP contribution in [0.25, 0.3) is 12.2 Å². The van der Waals surface area contributed by atoms with Gasteiger partial charge in [-0.05, 0) is 32.5 Å². The van der Waals surface area contributed by atoms with Crippen LogP contribution in [0.1, 0.15) is 30.3 Å². The molecule has 7 nitrogen and oxygen atoms in total. The summed E-state index contributed by atoms with van der Waals surface area (Å²) in [5.74, 6) is 3.22. The molecule has 2 aromatic rings. The number of aryl methyl sites for hydroxylation is 1. The molecule has 2 fully saturated rings. The van der Waals surface area contributed by atoms with Crippen LogP contribution in [0, 0.1) is 6.92 Å². The predicted molar refractivity (Wildman–Crippen MR) is 119 cm³/mol. The highest BCUT2D eigenvalue weighted by atomic mass is 15.4. The van der Waals surface area contributed by atoms with Crippen LogP contribution in [0.5, 0.6) is 0 Å². The molecule has 1 aromatic heterocycles. The molecule has 0 bridgehead atoms. The van der Waals surface area contributed by atoms with E-state index in [1.165, 1.54) is 5.56 Å². The maximum Gasteiger partial charge on any atom is 0.160 e. The number of likely N-dealkylation sites (N-methyl/N-ethyl adjacent to an activating group) is 1. The van der Waals surface area contributed by atoms with Gasteiger partial charge >= 0.3 is 0 Å². The number of piperazine rings is 1. The quantitative estimate of drug-likeness (QED) is 0.835. The van der Waals surface area contributed by atoms with Gasteiger partial charge in [0.25, 0.3) is 0 Å². The highest BCUT2D eigenvalue weighted by molar-refractivity contribution is 5.86. The topological polar surface area (TPSA) is 68.7 Å². The lowest BCUT2D eigenvalue weighted by molar-refractivity contribution is 0.312. The Morgan fingerprint density at radius 1 is 1.07 bits per heavy atom. The number of amidine groups is 1. The van der Waals surface area contributed by atoms with Gasteiger partial charge in [-0.2, -0.15) is 0 Å². The number of hydrogen-bond acceptors (Lipinski definition) is 6. The van der Waals surface area contributed by atoms with Crippen molar-refractivity contribution in [3.8, 4) is 0 Å². The van der Waals surface area contributed by atoms with Gasteiger partial charge in [0.15, 0.2) is 11.6 Å². The average molecular weight is 392 g/mol. The Bertz CT molecular complexity index is 896. The molecule has 1 aromatic carbocycles. The molecule has 1 unspecified atom stereocenters. The zero-order chi connectivity index (χ0) is 20.2. The summed E-state index contributed by atoms with van der Waals surface area (Å²) in [6, 6.07) is 10.8. The molecule has 2 N–H and O–H groups in total. The second-order valence-corrected chi connectivity index (χ2v) is 7.91. The highest BCUT2D eigenvalue weighted by Gasteiger charge is 2.18. The SMILES string of the molecule is Cc1ccc(/C=C/c2nc(N=C3CC(C)NN3)cc(N3CCN(C)CC3)n2)cc1. The van der Waals surface area contributed by atoms with E-state index in [1.54, 1.807) is 0 Å². The number of nitrogens with zero attached hydrogens (tertiary/aromatic N) is 5. The highest BCUT2D eigenvalue weighted by Crippen LogP contribution is 2.21. The molecule has 2 aliphatic heterocycles. The van der Waals surface area contributed by atoms with Crippen molar-refractivity contribution in [3.63, 3.8) is 0 Å². The van der Waals surface area contributed by atoms with Gasteiger partial charge < -0.3 is 15.2 Å². The van der Waals surface area contributed by atoms with E-state index in [0.29, 0.717) is 17.7 Å². The first-order valence-corrected chi connectivity index (χ1v) is 10.2. The fourth-order valence-electron chi connectivity index (χ4n) is 3.43. The number of benzene rings is 1. The number of aliphatic imine (C=N–C) groups is 1. The summed E-state index contributed by atoms with van der Waals surface area (Å²) in [5, 5.41) is 0. The zero-order valence-corrected chi connectivity index (χ0v) is 17.4. The molecule has 0 aliphatic carbocycles. The minimum Gasteiger partial charge on any atom is -0.354 e. The van der Waals surface area contributed by atoms with E-state index >= 15 is 0 Å². The lowest BCUT2D eigenvalue weighted by atomic mass is 10.1. The van der Waals surface area contributed by atoms with Crippen molar-refractivity contribution >= 4 is 29.6 Å². The summed E-state index contributed by atoms with van der Waals surface area (Å²) in [7, 11) is 2.16. The average Bonchev–Trinajstić information content (AvgIpc) is 3.12. The predicted octanol–water partition coefficient (Wildman–Crippen LogP) is 2.62. The Balaban J connectivity index is 1.63. The Kier molecular flexibility index (Phi) is 5.87. The number of nitrogens with one attached hydrogen (secondary N) is 2. The Hall–Kier alpha value is -2.77. The van der Waals surface area contributed by atoms with E-state index < -0.39 is 0 Å². The molecule has 152 valence electrons. The van der Waals surface area contributed by atoms with Crippen LogP contribution in [-0.2, 0) is 0 Å². The number of anilines is 1. The van der Waals surface area contributed by atoms with Crippen LogP contribution in [0.15, 0.2) is 35.3 Å². The van der Waals surface area contributed by atoms with Gasteiger partial charge in [-0.15, -0.1) is 0 Å². The van der Waals surface area contributed by atoms with E-state index in [-0.39, 0.29) is 0 Å². The molecule has 7 heteroatoms. The standard InChI is InChI=1S/C22H29N7/c1-16-4-6-18(7-5-16)8-9-19-23-20(24-21-14-17(2)26-27-21)15-22(25-19)29-12-10-28(3)11-13-29/h4-9,15,17,26H,10-14H2,1-3H3,(H,23,24,25,27)/b9-8+. The van der Waals surface area contributed by atoms with E-state index in [0.717, 1.165) is 49.8 Å². The molecule has 29 heavy (non-hydrogen) atoms. The fraction of sp³-hybridized carbons (Fsp3) is 0.409. The largest absolute Gasteiger partial charge is 0.354 e. The van der Waals surface area contributed by atoms with Crippen LogP contribution < -0.4 is 15.8 Å². The second kappa shape index (κ2) is 8.71. The van der Waals surface area contributed by atoms with E-state index in [1.807, 2.05) is 12.1 Å². The van der Waals surface area contributed by atoms with Crippen LogP contribution in [0.3, 0.4) is 0 Å². The third kappa shape index (κ3) is 5.19. The van der Waals surface area contributed by atoms with E-state index in [9.17, 15) is 0 Å². The van der Waals surface area contributed by atoms with Gasteiger partial charge in [0.1, 0.15) is 11.7 Å². The summed E-state index contributed by atoms with van der Waals surface area (Å²) in [5.41, 5.74) is 8.71. The first kappa shape index (κ1) is 19.5. The van der Waals surface area contributed by atoms with Crippen molar-refractivity contribution in [2.24, 2.45) is 4.99 Å². The molecular weight excluding hydrogens is 362 g/mol. The molecular formula is C22H29N7. The van der Waals surface area contributed by atoms with Crippen molar-refractivity contribution in [3.05, 3.63) is 47.3 Å². The lowest BCUT2D eigenvalue weighted by Crippen LogP contribution is -2.44. The van der Waals surface area contributed by atoms with Gasteiger partial charge in [0.2, 0.25) is 0 Å². The second-order valence-electron chi connectivity index (χ2n) is 7.91. The van der Waals surface area contributed by atoms with Gasteiger partial charge in [-0.3, -0.25) is 0 Å². The van der Waals surface area contributed by atoms with Crippen LogP contribution in [0.4, 0.5) is 11.6 Å². The third-order valence-electron chi connectivity index (χ3n) is 5.26. The normalized spacial score (nSPS) is 21.8. The minimum atomic E-state index is 0.369. The van der Waals surface area contributed by atoms with Gasteiger partial charge in [0, 0.05) is 44.7 Å². The smallest absolute Gasteiger partial charge is 0.160 e. The third-order valence-corrected chi connectivity index (χ3v) is 5.26. The molecule has 3 heterocycles. The summed E-state index contributed by atoms with van der Waals surface area (Å²) in [6.07, 6.45) is 4.89. The molecule has 2 aliphatic rings. The lowest BCUT2D eigenvalue weighted by Gasteiger charge is -2.33. The van der Waals surface area contributed by atoms with Crippen LogP contribution in [0.2, 0.25) is 0 Å². The molecule has 0 saturated carbocycles. The summed E-state index contributed by atoms with van der Waals surface area (Å²) >= 11 is 0. The van der Waals surface area contributed by atoms with E-state index in [2.05, 4.69) is 76.9 Å². The summed E-state index contributed by atoms with van der Waals surface area (Å²) in [6.45, 7) is 8.20. The van der Waals surface area contributed by atoms with Gasteiger partial charge in [-0.1, -0.05) is 35.9 Å². The minimum absolute atomic E-state index is 0.369. The van der Waals surface area contributed by atoms with Crippen molar-refractivity contribution < 1.29 is 0 Å². The number of aromatic nitrogens is 2. The van der Waals surface area contributed by atoms with Crippen LogP contribution in [-0.4, -0.2) is 60.0 Å². The van der Waals surface area contributed by atoms with E-state index in [4.69, 9.17) is 9.98 Å². The monoisotopic (exact) mass is 391 g/mol. The molecule has 0 radical (unpaired) electrons. The zero-order valence-electron chi connectivity index (χ0n) is 17.4. The van der Waals surface area contributed by atoms with Crippen molar-refractivity contribution in [1.29, 1.82) is 0 Å². The molecule has 0 spiro atoms. The van der Waals surface area contributed by atoms with Gasteiger partial charge in [-0.25, -0.2) is 20.4 Å². The number of hydrogen-bond donors (Lipinski definition) is 2. The molecule has 0 amide bonds. The Labute approximate surface area is 172 Å². The maximum absolute atomic E-state index is 4.81. The summed E-state index contributed by atoms with van der Waals surface area (Å²) in [4.78, 5) is 18.9. The molecule has 4 rings (SSSR count). The first-order chi connectivity index (χ1) is 14.0. The Morgan fingerprint density at radius 2 is 1.83 bits per heavy atom. The molecule has 2 saturated heterocycles. The maximum atomic E-state index is 4.81. The Morgan fingerprint density at radius 3 is 2.52 bits per heavy atom. The van der Waals surface area contributed by atoms with Crippen molar-refractivity contribution in [1.82, 2.24) is 25.7 Å². The van der Waals surface area contributed by atoms with Crippen LogP contribution >= 0.6 is 0 Å².